The van der Waals surface area contributed by atoms with Crippen LogP contribution in [0.25, 0.3) is 11.4 Å². The normalized spacial score (nSPS) is 12.8. The van der Waals surface area contributed by atoms with Crippen molar-refractivity contribution in [1.29, 1.82) is 0 Å². The Kier molecular flexibility index (Phi) is 9.02. The average molecular weight is 523 g/mol. The molecule has 12 heteroatoms. The number of ketones is 1. The minimum atomic E-state index is -1.69. The standard InChI is InChI=1S/C26H30N6O6/c1-26(2,3)38-20(33)14-19(27)22(34)21(25(36)37-15-16-8-6-5-7-9-16)32-30-23(29-31-32)17-10-12-18(13-11-17)24(35)28-4/h5-13,19,21H,14-15,27H2,1-4H3,(H,28,35). The van der Waals surface area contributed by atoms with Crippen LogP contribution in [0, 0.1) is 0 Å². The summed E-state index contributed by atoms with van der Waals surface area (Å²) < 4.78 is 10.6. The molecule has 0 aliphatic carbocycles. The first kappa shape index (κ1) is 28.1. The molecule has 12 nitrogen and oxygen atoms in total. The number of nitrogens with one attached hydrogen (secondary N) is 1. The van der Waals surface area contributed by atoms with Gasteiger partial charge in [0.1, 0.15) is 12.2 Å². The van der Waals surface area contributed by atoms with Gasteiger partial charge in [-0.25, -0.2) is 4.79 Å². The molecule has 0 bridgehead atoms. The van der Waals surface area contributed by atoms with Gasteiger partial charge in [-0.2, -0.15) is 0 Å². The minimum Gasteiger partial charge on any atom is -0.460 e. The van der Waals surface area contributed by atoms with E-state index in [0.717, 1.165) is 4.80 Å². The van der Waals surface area contributed by atoms with E-state index in [9.17, 15) is 19.2 Å². The minimum absolute atomic E-state index is 0.0998. The van der Waals surface area contributed by atoms with E-state index in [1.54, 1.807) is 69.3 Å². The Balaban J connectivity index is 1.85. The predicted octanol–water partition coefficient (Wildman–Crippen LogP) is 1.61. The molecular formula is C26H30N6O6. The second-order valence-corrected chi connectivity index (χ2v) is 9.39. The van der Waals surface area contributed by atoms with Crippen LogP contribution in [-0.4, -0.2) is 62.5 Å². The van der Waals surface area contributed by atoms with Crippen LogP contribution in [-0.2, 0) is 30.5 Å². The third-order valence-electron chi connectivity index (χ3n) is 5.18. The van der Waals surface area contributed by atoms with E-state index >= 15 is 0 Å². The highest BCUT2D eigenvalue weighted by Crippen LogP contribution is 2.19. The molecule has 200 valence electrons. The zero-order chi connectivity index (χ0) is 27.9. The van der Waals surface area contributed by atoms with Crippen LogP contribution in [0.1, 0.15) is 49.2 Å². The summed E-state index contributed by atoms with van der Waals surface area (Å²) in [6.45, 7) is 4.95. The smallest absolute Gasteiger partial charge is 0.341 e. The van der Waals surface area contributed by atoms with Crippen LogP contribution in [0.3, 0.4) is 0 Å². The van der Waals surface area contributed by atoms with Gasteiger partial charge in [0, 0.05) is 18.2 Å². The number of tetrazole rings is 1. The molecule has 1 amide bonds. The molecule has 2 aromatic carbocycles. The lowest BCUT2D eigenvalue weighted by Gasteiger charge is -2.21. The molecule has 0 radical (unpaired) electrons. The number of Topliss-reactive ketones (excluding diaryl/α,β-unsaturated/α-hetero) is 1. The largest absolute Gasteiger partial charge is 0.460 e. The molecule has 1 heterocycles. The fourth-order valence-electron chi connectivity index (χ4n) is 3.36. The third kappa shape index (κ3) is 7.53. The number of rotatable bonds is 10. The Morgan fingerprint density at radius 2 is 1.68 bits per heavy atom. The number of carbonyl (C=O) groups excluding carboxylic acids is 4. The first-order valence-corrected chi connectivity index (χ1v) is 11.8. The van der Waals surface area contributed by atoms with Gasteiger partial charge >= 0.3 is 11.9 Å². The fourth-order valence-corrected chi connectivity index (χ4v) is 3.36. The van der Waals surface area contributed by atoms with Crippen molar-refractivity contribution >= 4 is 23.6 Å². The summed E-state index contributed by atoms with van der Waals surface area (Å²) in [4.78, 5) is 51.2. The van der Waals surface area contributed by atoms with Crippen molar-refractivity contribution in [3.63, 3.8) is 0 Å². The number of hydrogen-bond donors (Lipinski definition) is 2. The Labute approximate surface area is 219 Å². The van der Waals surface area contributed by atoms with Crippen molar-refractivity contribution in [2.24, 2.45) is 5.73 Å². The van der Waals surface area contributed by atoms with Crippen LogP contribution in [0.15, 0.2) is 54.6 Å². The molecule has 0 aliphatic heterocycles. The van der Waals surface area contributed by atoms with E-state index in [1.165, 1.54) is 7.05 Å². The van der Waals surface area contributed by atoms with Crippen LogP contribution in [0.4, 0.5) is 0 Å². The Morgan fingerprint density at radius 3 is 2.29 bits per heavy atom. The highest BCUT2D eigenvalue weighted by molar-refractivity contribution is 6.04. The lowest BCUT2D eigenvalue weighted by Crippen LogP contribution is -2.43. The molecule has 2 unspecified atom stereocenters. The van der Waals surface area contributed by atoms with Gasteiger partial charge in [0.15, 0.2) is 5.78 Å². The van der Waals surface area contributed by atoms with E-state index in [4.69, 9.17) is 15.2 Å². The van der Waals surface area contributed by atoms with Gasteiger partial charge in [0.2, 0.25) is 11.9 Å². The van der Waals surface area contributed by atoms with E-state index in [0.29, 0.717) is 16.7 Å². The molecule has 2 atom stereocenters. The van der Waals surface area contributed by atoms with Crippen molar-refractivity contribution < 1.29 is 28.7 Å². The summed E-state index contributed by atoms with van der Waals surface area (Å²) in [6, 6.07) is 12.2. The van der Waals surface area contributed by atoms with Gasteiger partial charge in [0.25, 0.3) is 5.91 Å². The highest BCUT2D eigenvalue weighted by atomic mass is 16.6. The molecule has 0 saturated heterocycles. The Morgan fingerprint density at radius 1 is 1.03 bits per heavy atom. The summed E-state index contributed by atoms with van der Waals surface area (Å²) in [6.07, 6.45) is -0.457. The lowest BCUT2D eigenvalue weighted by molar-refractivity contribution is -0.158. The molecule has 0 aliphatic rings. The van der Waals surface area contributed by atoms with Crippen molar-refractivity contribution in [2.45, 2.75) is 51.5 Å². The van der Waals surface area contributed by atoms with Crippen LogP contribution in [0.2, 0.25) is 0 Å². The monoisotopic (exact) mass is 522 g/mol. The zero-order valence-corrected chi connectivity index (χ0v) is 21.6. The van der Waals surface area contributed by atoms with E-state index in [1.807, 2.05) is 6.07 Å². The Hall–Kier alpha value is -4.45. The molecule has 3 N–H and O–H groups in total. The molecule has 0 fully saturated rings. The summed E-state index contributed by atoms with van der Waals surface area (Å²) in [5.41, 5.74) is 6.86. The molecular weight excluding hydrogens is 492 g/mol. The number of esters is 2. The predicted molar refractivity (Wildman–Crippen MR) is 135 cm³/mol. The van der Waals surface area contributed by atoms with Crippen LogP contribution < -0.4 is 11.1 Å². The van der Waals surface area contributed by atoms with Crippen molar-refractivity contribution in [1.82, 2.24) is 25.5 Å². The zero-order valence-electron chi connectivity index (χ0n) is 21.6. The quantitative estimate of drug-likeness (QED) is 0.295. The number of aromatic nitrogens is 4. The molecule has 0 spiro atoms. The number of carbonyl (C=O) groups is 4. The molecule has 0 saturated carbocycles. The second-order valence-electron chi connectivity index (χ2n) is 9.39. The van der Waals surface area contributed by atoms with Gasteiger partial charge < -0.3 is 20.5 Å². The van der Waals surface area contributed by atoms with Gasteiger partial charge in [-0.15, -0.1) is 15.0 Å². The maximum atomic E-state index is 13.3. The van der Waals surface area contributed by atoms with Gasteiger partial charge in [-0.1, -0.05) is 42.5 Å². The topological polar surface area (TPSA) is 168 Å². The summed E-state index contributed by atoms with van der Waals surface area (Å²) >= 11 is 0. The van der Waals surface area contributed by atoms with Gasteiger partial charge in [0.05, 0.1) is 12.5 Å². The van der Waals surface area contributed by atoms with Gasteiger partial charge in [-0.05, 0) is 43.7 Å². The summed E-state index contributed by atoms with van der Waals surface area (Å²) in [7, 11) is 1.52. The lowest BCUT2D eigenvalue weighted by atomic mass is 10.0. The van der Waals surface area contributed by atoms with E-state index < -0.39 is 41.8 Å². The third-order valence-corrected chi connectivity index (χ3v) is 5.18. The summed E-state index contributed by atoms with van der Waals surface area (Å²) in [5.74, 6) is -2.66. The second kappa shape index (κ2) is 12.2. The van der Waals surface area contributed by atoms with Crippen LogP contribution in [0.5, 0.6) is 0 Å². The van der Waals surface area contributed by atoms with E-state index in [2.05, 4.69) is 20.7 Å². The Bertz CT molecular complexity index is 1280. The number of benzene rings is 2. The van der Waals surface area contributed by atoms with Crippen molar-refractivity contribution in [2.75, 3.05) is 7.05 Å². The first-order valence-electron chi connectivity index (χ1n) is 11.8. The summed E-state index contributed by atoms with van der Waals surface area (Å²) in [5, 5.41) is 14.5. The number of amides is 1. The van der Waals surface area contributed by atoms with Crippen LogP contribution >= 0.6 is 0 Å². The van der Waals surface area contributed by atoms with E-state index in [-0.39, 0.29) is 18.3 Å². The number of nitrogens with two attached hydrogens (primary N) is 1. The highest BCUT2D eigenvalue weighted by Gasteiger charge is 2.37. The molecule has 38 heavy (non-hydrogen) atoms. The molecule has 3 rings (SSSR count). The maximum Gasteiger partial charge on any atom is 0.341 e. The van der Waals surface area contributed by atoms with Crippen molar-refractivity contribution in [3.05, 3.63) is 65.7 Å². The molecule has 1 aromatic heterocycles. The number of hydrogen-bond acceptors (Lipinski definition) is 10. The van der Waals surface area contributed by atoms with Gasteiger partial charge in [-0.3, -0.25) is 14.4 Å². The number of nitrogens with zero attached hydrogens (tertiary/aromatic N) is 4. The first-order chi connectivity index (χ1) is 18.0. The SMILES string of the molecule is CNC(=O)c1ccc(-c2nnn(C(C(=O)OCc3ccccc3)C(=O)C(N)CC(=O)OC(C)(C)C)n2)cc1. The maximum absolute atomic E-state index is 13.3. The fraction of sp³-hybridized carbons (Fsp3) is 0.346. The van der Waals surface area contributed by atoms with Crippen molar-refractivity contribution in [3.8, 4) is 11.4 Å². The average Bonchev–Trinajstić information content (AvgIpc) is 3.36. The number of ether oxygens (including phenoxy) is 2. The molecule has 3 aromatic rings.